The minimum Gasteiger partial charge on any atom is -0.494 e. The Balaban J connectivity index is 1.60. The van der Waals surface area contributed by atoms with E-state index in [4.69, 9.17) is 4.74 Å². The Bertz CT molecular complexity index is 979. The normalized spacial score (nSPS) is 10.8. The Morgan fingerprint density at radius 3 is 2.54 bits per heavy atom. The third kappa shape index (κ3) is 6.03. The van der Waals surface area contributed by atoms with Gasteiger partial charge in [0, 0.05) is 18.2 Å². The molecule has 3 rings (SSSR count). The number of rotatable bonds is 8. The fraction of sp³-hybridized carbons (Fsp3) is 0.200. The zero-order valence-electron chi connectivity index (χ0n) is 14.8. The zero-order chi connectivity index (χ0) is 19.9. The molecule has 0 saturated carbocycles. The van der Waals surface area contributed by atoms with Crippen LogP contribution in [-0.2, 0) is 6.42 Å². The van der Waals surface area contributed by atoms with Crippen LogP contribution in [0.3, 0.4) is 0 Å². The summed E-state index contributed by atoms with van der Waals surface area (Å²) in [7, 11) is 0. The molecule has 2 aromatic carbocycles. The maximum Gasteiger partial charge on any atom is 0.265 e. The topological polar surface area (TPSA) is 55.0 Å². The molecule has 0 aliphatic rings. The largest absolute Gasteiger partial charge is 0.494 e. The predicted molar refractivity (Wildman–Crippen MR) is 114 cm³/mol. The molecule has 0 aliphatic carbocycles. The molecule has 3 aromatic rings. The van der Waals surface area contributed by atoms with Crippen molar-refractivity contribution in [3.8, 4) is 5.75 Å². The van der Waals surface area contributed by atoms with Crippen LogP contribution in [-0.4, -0.2) is 22.3 Å². The molecule has 1 N–H and O–H groups in total. The Morgan fingerprint density at radius 1 is 1.11 bits per heavy atom. The van der Waals surface area contributed by atoms with E-state index in [1.165, 1.54) is 23.9 Å². The Labute approximate surface area is 178 Å². The van der Waals surface area contributed by atoms with Crippen LogP contribution in [0.5, 0.6) is 5.75 Å². The molecule has 0 aliphatic heterocycles. The second kappa shape index (κ2) is 10.0. The molecule has 4 nitrogen and oxygen atoms in total. The average molecular weight is 514 g/mol. The van der Waals surface area contributed by atoms with Crippen LogP contribution in [0.1, 0.15) is 17.7 Å². The molecule has 0 unspecified atom stereocenters. The van der Waals surface area contributed by atoms with Gasteiger partial charge >= 0.3 is 0 Å². The van der Waals surface area contributed by atoms with Gasteiger partial charge in [0.2, 0.25) is 0 Å². The van der Waals surface area contributed by atoms with Crippen LogP contribution in [0.15, 0.2) is 58.5 Å². The summed E-state index contributed by atoms with van der Waals surface area (Å²) in [5.41, 5.74) is 0.670. The van der Waals surface area contributed by atoms with E-state index in [0.717, 1.165) is 18.2 Å². The maximum atomic E-state index is 13.4. The first kappa shape index (κ1) is 20.8. The number of nitrogens with zero attached hydrogens (tertiary/aromatic N) is 1. The minimum absolute atomic E-state index is 0.182. The van der Waals surface area contributed by atoms with E-state index in [-0.39, 0.29) is 12.0 Å². The van der Waals surface area contributed by atoms with Crippen LogP contribution in [0, 0.1) is 15.2 Å². The van der Waals surface area contributed by atoms with E-state index < -0.39 is 11.6 Å². The molecule has 1 aromatic heterocycles. The standard InChI is InChI=1S/C20H17F2IN2O2S/c21-14-9-13(10-15(22)12-14)11-17-18(23)19(26)25-20(24-17)28-8-4-7-27-16-5-2-1-3-6-16/h1-3,5-6,9-10,12H,4,7-8,11H2,(H,24,25,26). The SMILES string of the molecule is O=c1[nH]c(SCCCOc2ccccc2)nc(Cc2cc(F)cc(F)c2)c1I. The Hall–Kier alpha value is -1.94. The van der Waals surface area contributed by atoms with Crippen molar-refractivity contribution < 1.29 is 13.5 Å². The van der Waals surface area contributed by atoms with E-state index in [1.807, 2.05) is 52.9 Å². The lowest BCUT2D eigenvalue weighted by Gasteiger charge is -2.08. The van der Waals surface area contributed by atoms with Gasteiger partial charge in [0.15, 0.2) is 5.16 Å². The van der Waals surface area contributed by atoms with E-state index in [1.54, 1.807) is 0 Å². The Morgan fingerprint density at radius 2 is 1.82 bits per heavy atom. The molecule has 8 heteroatoms. The molecule has 0 fully saturated rings. The van der Waals surface area contributed by atoms with Crippen molar-refractivity contribution in [3.05, 3.63) is 85.3 Å². The van der Waals surface area contributed by atoms with Crippen LogP contribution in [0.4, 0.5) is 8.78 Å². The monoisotopic (exact) mass is 514 g/mol. The zero-order valence-corrected chi connectivity index (χ0v) is 17.7. The molecular weight excluding hydrogens is 497 g/mol. The van der Waals surface area contributed by atoms with Crippen molar-refractivity contribution in [1.29, 1.82) is 0 Å². The summed E-state index contributed by atoms with van der Waals surface area (Å²) in [4.78, 5) is 19.4. The summed E-state index contributed by atoms with van der Waals surface area (Å²) in [5.74, 6) is 0.230. The second-order valence-corrected chi connectivity index (χ2v) is 8.11. The number of hydrogen-bond donors (Lipinski definition) is 1. The maximum absolute atomic E-state index is 13.4. The highest BCUT2D eigenvalue weighted by molar-refractivity contribution is 14.1. The quantitative estimate of drug-likeness (QED) is 0.203. The van der Waals surface area contributed by atoms with Gasteiger partial charge in [-0.25, -0.2) is 13.8 Å². The van der Waals surface area contributed by atoms with E-state index in [2.05, 4.69) is 9.97 Å². The summed E-state index contributed by atoms with van der Waals surface area (Å²) in [5, 5.41) is 0.483. The summed E-state index contributed by atoms with van der Waals surface area (Å²) in [6, 6.07) is 12.9. The minimum atomic E-state index is -0.650. The lowest BCUT2D eigenvalue weighted by Crippen LogP contribution is -2.16. The number of halogens is 3. The molecule has 28 heavy (non-hydrogen) atoms. The highest BCUT2D eigenvalue weighted by Crippen LogP contribution is 2.19. The van der Waals surface area contributed by atoms with Crippen molar-refractivity contribution >= 4 is 34.4 Å². The highest BCUT2D eigenvalue weighted by atomic mass is 127. The van der Waals surface area contributed by atoms with E-state index in [9.17, 15) is 13.6 Å². The van der Waals surface area contributed by atoms with Crippen molar-refractivity contribution in [1.82, 2.24) is 9.97 Å². The van der Waals surface area contributed by atoms with Crippen molar-refractivity contribution in [3.63, 3.8) is 0 Å². The first-order valence-corrected chi connectivity index (χ1v) is 10.6. The number of ether oxygens (including phenoxy) is 1. The lowest BCUT2D eigenvalue weighted by molar-refractivity contribution is 0.318. The first-order valence-electron chi connectivity index (χ1n) is 8.55. The molecule has 0 radical (unpaired) electrons. The molecule has 146 valence electrons. The highest BCUT2D eigenvalue weighted by Gasteiger charge is 2.11. The Kier molecular flexibility index (Phi) is 7.43. The van der Waals surface area contributed by atoms with Crippen molar-refractivity contribution in [2.45, 2.75) is 18.0 Å². The average Bonchev–Trinajstić information content (AvgIpc) is 2.65. The van der Waals surface area contributed by atoms with Crippen LogP contribution < -0.4 is 10.3 Å². The second-order valence-electron chi connectivity index (χ2n) is 5.95. The first-order chi connectivity index (χ1) is 13.5. The number of hydrogen-bond acceptors (Lipinski definition) is 4. The fourth-order valence-corrected chi connectivity index (χ4v) is 3.75. The number of aromatic nitrogens is 2. The van der Waals surface area contributed by atoms with Gasteiger partial charge in [-0.2, -0.15) is 0 Å². The third-order valence-electron chi connectivity index (χ3n) is 3.74. The predicted octanol–water partition coefficient (Wildman–Crippen LogP) is 4.80. The molecule has 0 amide bonds. The van der Waals surface area contributed by atoms with Gasteiger partial charge in [0.1, 0.15) is 21.0 Å². The van der Waals surface area contributed by atoms with Gasteiger partial charge in [-0.05, 0) is 58.8 Å². The van der Waals surface area contributed by atoms with E-state index in [0.29, 0.717) is 32.3 Å². The number of para-hydroxylation sites is 1. The number of aromatic amines is 1. The van der Waals surface area contributed by atoms with Gasteiger partial charge in [0.05, 0.1) is 12.3 Å². The fourth-order valence-electron chi connectivity index (χ4n) is 2.51. The molecule has 0 spiro atoms. The van der Waals surface area contributed by atoms with Crippen molar-refractivity contribution in [2.75, 3.05) is 12.4 Å². The van der Waals surface area contributed by atoms with Crippen LogP contribution in [0.25, 0.3) is 0 Å². The third-order valence-corrected chi connectivity index (χ3v) is 5.82. The smallest absolute Gasteiger partial charge is 0.265 e. The summed E-state index contributed by atoms with van der Waals surface area (Å²) in [6.45, 7) is 0.557. The van der Waals surface area contributed by atoms with E-state index >= 15 is 0 Å². The van der Waals surface area contributed by atoms with Crippen LogP contribution in [0.2, 0.25) is 0 Å². The van der Waals surface area contributed by atoms with Gasteiger partial charge < -0.3 is 9.72 Å². The molecule has 0 bridgehead atoms. The summed E-state index contributed by atoms with van der Waals surface area (Å²) >= 11 is 3.31. The molecule has 0 atom stereocenters. The van der Waals surface area contributed by atoms with Gasteiger partial charge in [0.25, 0.3) is 5.56 Å². The van der Waals surface area contributed by atoms with Crippen molar-refractivity contribution in [2.24, 2.45) is 0 Å². The summed E-state index contributed by atoms with van der Waals surface area (Å²) < 4.78 is 32.9. The number of thioether (sulfide) groups is 1. The van der Waals surface area contributed by atoms with Gasteiger partial charge in [-0.15, -0.1) is 0 Å². The number of benzene rings is 2. The molecule has 1 heterocycles. The van der Waals surface area contributed by atoms with Gasteiger partial charge in [-0.3, -0.25) is 4.79 Å². The molecule has 0 saturated heterocycles. The number of nitrogens with one attached hydrogen (secondary N) is 1. The lowest BCUT2D eigenvalue weighted by atomic mass is 10.1. The number of H-pyrrole nitrogens is 1. The molecular formula is C20H17F2IN2O2S. The summed E-state index contributed by atoms with van der Waals surface area (Å²) in [6.07, 6.45) is 0.960. The van der Waals surface area contributed by atoms with Gasteiger partial charge in [-0.1, -0.05) is 30.0 Å². The van der Waals surface area contributed by atoms with Crippen LogP contribution >= 0.6 is 34.4 Å².